The fourth-order valence-corrected chi connectivity index (χ4v) is 2.04. The Bertz CT molecular complexity index is 597. The Morgan fingerprint density at radius 1 is 1.41 bits per heavy atom. The van der Waals surface area contributed by atoms with Gasteiger partial charge in [0.2, 0.25) is 5.91 Å². The molecule has 1 fully saturated rings. The highest BCUT2D eigenvalue weighted by molar-refractivity contribution is 6.02. The number of urea groups is 1. The van der Waals surface area contributed by atoms with Gasteiger partial charge in [-0.25, -0.2) is 4.79 Å². The van der Waals surface area contributed by atoms with Gasteiger partial charge in [0.25, 0.3) is 5.91 Å². The van der Waals surface area contributed by atoms with Crippen LogP contribution in [0.3, 0.4) is 0 Å². The fourth-order valence-electron chi connectivity index (χ4n) is 2.04. The highest BCUT2D eigenvalue weighted by Gasteiger charge is 2.28. The summed E-state index contributed by atoms with van der Waals surface area (Å²) in [6.07, 6.45) is 0. The van der Waals surface area contributed by atoms with Crippen LogP contribution >= 0.6 is 0 Å². The van der Waals surface area contributed by atoms with Gasteiger partial charge >= 0.3 is 6.03 Å². The van der Waals surface area contributed by atoms with Gasteiger partial charge in [0.15, 0.2) is 0 Å². The number of rotatable bonds is 5. The van der Waals surface area contributed by atoms with E-state index in [9.17, 15) is 14.4 Å². The lowest BCUT2D eigenvalue weighted by molar-refractivity contribution is -0.125. The molecule has 1 aliphatic heterocycles. The third kappa shape index (κ3) is 3.62. The first-order valence-corrected chi connectivity index (χ1v) is 7.02. The van der Waals surface area contributed by atoms with Crippen molar-refractivity contribution in [1.82, 2.24) is 15.5 Å². The molecule has 7 heteroatoms. The number of nitrogens with one attached hydrogen (secondary N) is 2. The van der Waals surface area contributed by atoms with E-state index < -0.39 is 11.6 Å². The summed E-state index contributed by atoms with van der Waals surface area (Å²) >= 11 is 0. The Kier molecular flexibility index (Phi) is 4.46. The largest absolute Gasteiger partial charge is 0.346 e. The van der Waals surface area contributed by atoms with Crippen LogP contribution in [0.25, 0.3) is 0 Å². The van der Waals surface area contributed by atoms with Crippen molar-refractivity contribution in [2.24, 2.45) is 5.73 Å². The lowest BCUT2D eigenvalue weighted by atomic mass is 10.0. The minimum absolute atomic E-state index is 0.0176. The molecule has 0 aromatic heterocycles. The summed E-state index contributed by atoms with van der Waals surface area (Å²) in [4.78, 5) is 36.5. The van der Waals surface area contributed by atoms with Crippen LogP contribution in [0, 0.1) is 0 Å². The maximum absolute atomic E-state index is 12.2. The van der Waals surface area contributed by atoms with Gasteiger partial charge in [-0.05, 0) is 31.5 Å². The Labute approximate surface area is 128 Å². The smallest absolute Gasteiger partial charge is 0.324 e. The molecule has 1 saturated heterocycles. The second kappa shape index (κ2) is 6.15. The zero-order valence-corrected chi connectivity index (χ0v) is 12.7. The Balaban J connectivity index is 2.11. The first-order chi connectivity index (χ1) is 10.3. The van der Waals surface area contributed by atoms with Crippen molar-refractivity contribution in [3.63, 3.8) is 0 Å². The highest BCUT2D eigenvalue weighted by atomic mass is 16.2. The van der Waals surface area contributed by atoms with Crippen LogP contribution < -0.4 is 16.4 Å². The second-order valence-corrected chi connectivity index (χ2v) is 5.88. The molecule has 7 nitrogen and oxygen atoms in total. The van der Waals surface area contributed by atoms with E-state index in [4.69, 9.17) is 5.73 Å². The maximum atomic E-state index is 12.2. The standard InChI is InChI=1S/C15H20N4O3/c1-15(2,9-16)18-13(21)11-5-3-4-10(6-11)8-19-12(20)7-17-14(19)22/h3-6H,7-9,16H2,1-2H3,(H,17,22)(H,18,21). The number of hydrogen-bond donors (Lipinski definition) is 3. The number of carbonyl (C=O) groups excluding carboxylic acids is 3. The molecule has 0 saturated carbocycles. The summed E-state index contributed by atoms with van der Waals surface area (Å²) < 4.78 is 0. The molecule has 0 radical (unpaired) electrons. The van der Waals surface area contributed by atoms with Crippen molar-refractivity contribution in [1.29, 1.82) is 0 Å². The van der Waals surface area contributed by atoms with E-state index in [0.29, 0.717) is 17.7 Å². The molecule has 1 aliphatic rings. The van der Waals surface area contributed by atoms with E-state index in [1.807, 2.05) is 13.8 Å². The first-order valence-electron chi connectivity index (χ1n) is 7.02. The van der Waals surface area contributed by atoms with Gasteiger partial charge in [-0.2, -0.15) is 0 Å². The summed E-state index contributed by atoms with van der Waals surface area (Å²) in [5.41, 5.74) is 6.27. The predicted octanol–water partition coefficient (Wildman–Crippen LogP) is 0.206. The number of imide groups is 1. The third-order valence-corrected chi connectivity index (χ3v) is 3.43. The molecule has 0 bridgehead atoms. The molecule has 2 rings (SSSR count). The van der Waals surface area contributed by atoms with Gasteiger partial charge in [-0.15, -0.1) is 0 Å². The second-order valence-electron chi connectivity index (χ2n) is 5.88. The van der Waals surface area contributed by atoms with Crippen molar-refractivity contribution >= 4 is 17.8 Å². The van der Waals surface area contributed by atoms with Crippen molar-refractivity contribution in [2.75, 3.05) is 13.1 Å². The summed E-state index contributed by atoms with van der Waals surface area (Å²) in [7, 11) is 0. The highest BCUT2D eigenvalue weighted by Crippen LogP contribution is 2.12. The van der Waals surface area contributed by atoms with E-state index in [1.165, 1.54) is 0 Å². The SMILES string of the molecule is CC(C)(CN)NC(=O)c1cccc(CN2C(=O)CNC2=O)c1. The van der Waals surface area contributed by atoms with Crippen LogP contribution in [0.5, 0.6) is 0 Å². The van der Waals surface area contributed by atoms with Crippen LogP contribution in [-0.2, 0) is 11.3 Å². The fraction of sp³-hybridized carbons (Fsp3) is 0.400. The van der Waals surface area contributed by atoms with Crippen LogP contribution in [0.15, 0.2) is 24.3 Å². The zero-order chi connectivity index (χ0) is 16.3. The third-order valence-electron chi connectivity index (χ3n) is 3.43. The van der Waals surface area contributed by atoms with E-state index >= 15 is 0 Å². The molecule has 22 heavy (non-hydrogen) atoms. The lowest BCUT2D eigenvalue weighted by Gasteiger charge is -2.24. The molecule has 1 aromatic carbocycles. The van der Waals surface area contributed by atoms with Gasteiger partial charge < -0.3 is 16.4 Å². The number of nitrogens with two attached hydrogens (primary N) is 1. The van der Waals surface area contributed by atoms with Gasteiger partial charge in [-0.1, -0.05) is 12.1 Å². The van der Waals surface area contributed by atoms with Gasteiger partial charge in [0, 0.05) is 17.6 Å². The molecule has 0 aliphatic carbocycles. The predicted molar refractivity (Wildman–Crippen MR) is 81.0 cm³/mol. The number of amides is 4. The molecule has 4 amide bonds. The van der Waals surface area contributed by atoms with E-state index in [2.05, 4.69) is 10.6 Å². The van der Waals surface area contributed by atoms with E-state index in [0.717, 1.165) is 4.90 Å². The van der Waals surface area contributed by atoms with E-state index in [1.54, 1.807) is 24.3 Å². The van der Waals surface area contributed by atoms with Crippen molar-refractivity contribution in [3.8, 4) is 0 Å². The summed E-state index contributed by atoms with van der Waals surface area (Å²) in [6.45, 7) is 4.15. The number of hydrogen-bond acceptors (Lipinski definition) is 4. The lowest BCUT2D eigenvalue weighted by Crippen LogP contribution is -2.48. The molecule has 118 valence electrons. The minimum Gasteiger partial charge on any atom is -0.346 e. The van der Waals surface area contributed by atoms with Crippen LogP contribution in [0.4, 0.5) is 4.79 Å². The zero-order valence-electron chi connectivity index (χ0n) is 12.7. The Morgan fingerprint density at radius 3 is 2.73 bits per heavy atom. The van der Waals surface area contributed by atoms with Crippen LogP contribution in [-0.4, -0.2) is 41.4 Å². The first kappa shape index (κ1) is 16.0. The maximum Gasteiger partial charge on any atom is 0.324 e. The van der Waals surface area contributed by atoms with Crippen molar-refractivity contribution in [3.05, 3.63) is 35.4 Å². The normalized spacial score (nSPS) is 15.0. The monoisotopic (exact) mass is 304 g/mol. The number of benzene rings is 1. The topological polar surface area (TPSA) is 105 Å². The molecule has 0 spiro atoms. The number of nitrogens with zero attached hydrogens (tertiary/aromatic N) is 1. The molecule has 1 aromatic rings. The van der Waals surface area contributed by atoms with Gasteiger partial charge in [-0.3, -0.25) is 14.5 Å². The Morgan fingerprint density at radius 2 is 2.14 bits per heavy atom. The summed E-state index contributed by atoms with van der Waals surface area (Å²) in [6, 6.07) is 6.42. The Hall–Kier alpha value is -2.41. The van der Waals surface area contributed by atoms with Crippen molar-refractivity contribution in [2.45, 2.75) is 25.9 Å². The minimum atomic E-state index is -0.502. The van der Waals surface area contributed by atoms with Crippen molar-refractivity contribution < 1.29 is 14.4 Å². The van der Waals surface area contributed by atoms with Gasteiger partial charge in [0.1, 0.15) is 0 Å². The molecule has 0 unspecified atom stereocenters. The molecular weight excluding hydrogens is 284 g/mol. The van der Waals surface area contributed by atoms with Crippen LogP contribution in [0.2, 0.25) is 0 Å². The molecular formula is C15H20N4O3. The number of carbonyl (C=O) groups is 3. The average molecular weight is 304 g/mol. The molecule has 4 N–H and O–H groups in total. The summed E-state index contributed by atoms with van der Waals surface area (Å²) in [5, 5.41) is 5.30. The summed E-state index contributed by atoms with van der Waals surface area (Å²) in [5.74, 6) is -0.515. The van der Waals surface area contributed by atoms with Gasteiger partial charge in [0.05, 0.1) is 13.1 Å². The van der Waals surface area contributed by atoms with Crippen LogP contribution in [0.1, 0.15) is 29.8 Å². The quantitative estimate of drug-likeness (QED) is 0.676. The average Bonchev–Trinajstić information content (AvgIpc) is 2.79. The van der Waals surface area contributed by atoms with E-state index in [-0.39, 0.29) is 24.9 Å². The molecule has 0 atom stereocenters. The molecule has 1 heterocycles.